The fourth-order valence-electron chi connectivity index (χ4n) is 2.13. The molecule has 1 aromatic rings. The van der Waals surface area contributed by atoms with Gasteiger partial charge < -0.3 is 10.5 Å². The van der Waals surface area contributed by atoms with E-state index in [9.17, 15) is 8.42 Å². The molecule has 0 saturated carbocycles. The second-order valence-corrected chi connectivity index (χ2v) is 7.47. The number of fused-ring (bicyclic) bond motifs is 1. The Bertz CT molecular complexity index is 589. The first kappa shape index (κ1) is 14.1. The van der Waals surface area contributed by atoms with Gasteiger partial charge in [-0.1, -0.05) is 0 Å². The lowest BCUT2D eigenvalue weighted by Crippen LogP contribution is -2.40. The van der Waals surface area contributed by atoms with Crippen LogP contribution in [-0.4, -0.2) is 20.6 Å². The molecule has 0 bridgehead atoms. The van der Waals surface area contributed by atoms with Gasteiger partial charge in [-0.25, -0.2) is 13.1 Å². The highest BCUT2D eigenvalue weighted by molar-refractivity contribution is 7.89. The number of aryl methyl sites for hydroxylation is 1. The molecule has 0 fully saturated rings. The molecule has 0 unspecified atom stereocenters. The molecule has 1 aliphatic rings. The smallest absolute Gasteiger partial charge is 0.244 e. The molecule has 2 rings (SSSR count). The number of hydrogen-bond donors (Lipinski definition) is 2. The van der Waals surface area contributed by atoms with Crippen molar-refractivity contribution in [3.8, 4) is 5.75 Å². The van der Waals surface area contributed by atoms with E-state index in [0.29, 0.717) is 18.0 Å². The molecule has 0 spiro atoms. The van der Waals surface area contributed by atoms with E-state index in [-0.39, 0.29) is 4.90 Å². The maximum absolute atomic E-state index is 12.4. The SMILES string of the molecule is CC(C)(C)NS(=O)(=O)c1cc(N)cc2c1OCCC2. The lowest BCUT2D eigenvalue weighted by molar-refractivity contribution is 0.280. The van der Waals surface area contributed by atoms with E-state index in [1.165, 1.54) is 6.07 Å². The predicted octanol–water partition coefficient (Wildman–Crippen LogP) is 1.67. The molecule has 3 N–H and O–H groups in total. The van der Waals surface area contributed by atoms with Gasteiger partial charge in [-0.15, -0.1) is 0 Å². The minimum Gasteiger partial charge on any atom is -0.492 e. The highest BCUT2D eigenvalue weighted by Crippen LogP contribution is 2.34. The number of nitrogen functional groups attached to an aromatic ring is 1. The van der Waals surface area contributed by atoms with Crippen molar-refractivity contribution in [2.45, 2.75) is 44.0 Å². The van der Waals surface area contributed by atoms with Crippen LogP contribution in [0.25, 0.3) is 0 Å². The van der Waals surface area contributed by atoms with Crippen molar-refractivity contribution in [3.05, 3.63) is 17.7 Å². The summed E-state index contributed by atoms with van der Waals surface area (Å²) < 4.78 is 33.0. The Morgan fingerprint density at radius 1 is 1.32 bits per heavy atom. The molecular weight excluding hydrogens is 264 g/mol. The summed E-state index contributed by atoms with van der Waals surface area (Å²) in [6.07, 6.45) is 1.67. The van der Waals surface area contributed by atoms with Crippen LogP contribution in [0.5, 0.6) is 5.75 Å². The standard InChI is InChI=1S/C13H20N2O3S/c1-13(2,3)15-19(16,17)11-8-10(14)7-9-5-4-6-18-12(9)11/h7-8,15H,4-6,14H2,1-3H3. The largest absolute Gasteiger partial charge is 0.492 e. The van der Waals surface area contributed by atoms with E-state index in [2.05, 4.69) is 4.72 Å². The van der Waals surface area contributed by atoms with Crippen LogP contribution < -0.4 is 15.2 Å². The average Bonchev–Trinajstić information content (AvgIpc) is 2.24. The first-order valence-corrected chi connectivity index (χ1v) is 7.76. The van der Waals surface area contributed by atoms with Crippen molar-refractivity contribution in [1.82, 2.24) is 4.72 Å². The summed E-state index contributed by atoms with van der Waals surface area (Å²) in [6, 6.07) is 3.24. The Labute approximate surface area is 114 Å². The number of rotatable bonds is 2. The molecule has 6 heteroatoms. The molecule has 1 aromatic carbocycles. The Morgan fingerprint density at radius 2 is 2.00 bits per heavy atom. The van der Waals surface area contributed by atoms with Gasteiger partial charge in [-0.2, -0.15) is 0 Å². The van der Waals surface area contributed by atoms with Crippen molar-refractivity contribution in [2.24, 2.45) is 0 Å². The number of sulfonamides is 1. The van der Waals surface area contributed by atoms with Gasteiger partial charge in [-0.3, -0.25) is 0 Å². The Balaban J connectivity index is 2.53. The zero-order valence-corrected chi connectivity index (χ0v) is 12.3. The van der Waals surface area contributed by atoms with E-state index >= 15 is 0 Å². The minimum absolute atomic E-state index is 0.136. The van der Waals surface area contributed by atoms with Crippen molar-refractivity contribution in [1.29, 1.82) is 0 Å². The Kier molecular flexibility index (Phi) is 3.49. The molecule has 5 nitrogen and oxygen atoms in total. The summed E-state index contributed by atoms with van der Waals surface area (Å²) in [4.78, 5) is 0.136. The van der Waals surface area contributed by atoms with Gasteiger partial charge in [0.15, 0.2) is 0 Å². The molecule has 106 valence electrons. The van der Waals surface area contributed by atoms with E-state index < -0.39 is 15.6 Å². The molecular formula is C13H20N2O3S. The maximum atomic E-state index is 12.4. The van der Waals surface area contributed by atoms with E-state index in [1.54, 1.807) is 26.8 Å². The van der Waals surface area contributed by atoms with Gasteiger partial charge in [0.1, 0.15) is 10.6 Å². The van der Waals surface area contributed by atoms with Crippen LogP contribution in [0.4, 0.5) is 5.69 Å². The molecule has 1 aliphatic heterocycles. The number of nitrogens with one attached hydrogen (secondary N) is 1. The number of nitrogens with two attached hydrogens (primary N) is 1. The summed E-state index contributed by atoms with van der Waals surface area (Å²) in [5, 5.41) is 0. The molecule has 0 atom stereocenters. The lowest BCUT2D eigenvalue weighted by atomic mass is 10.1. The Hall–Kier alpha value is -1.27. The monoisotopic (exact) mass is 284 g/mol. The molecule has 19 heavy (non-hydrogen) atoms. The zero-order valence-electron chi connectivity index (χ0n) is 11.5. The van der Waals surface area contributed by atoms with Crippen LogP contribution in [0, 0.1) is 0 Å². The molecule has 0 aromatic heterocycles. The van der Waals surface area contributed by atoms with Crippen molar-refractivity contribution >= 4 is 15.7 Å². The quantitative estimate of drug-likeness (QED) is 0.809. The second-order valence-electron chi connectivity index (χ2n) is 5.81. The molecule has 0 amide bonds. The van der Waals surface area contributed by atoms with Crippen molar-refractivity contribution < 1.29 is 13.2 Å². The normalized spacial score (nSPS) is 15.7. The highest BCUT2D eigenvalue weighted by Gasteiger charge is 2.28. The third kappa shape index (κ3) is 3.19. The van der Waals surface area contributed by atoms with Gasteiger partial charge >= 0.3 is 0 Å². The Morgan fingerprint density at radius 3 is 2.63 bits per heavy atom. The van der Waals surface area contributed by atoms with Crippen molar-refractivity contribution in [3.63, 3.8) is 0 Å². The highest BCUT2D eigenvalue weighted by atomic mass is 32.2. The third-order valence-corrected chi connectivity index (χ3v) is 4.48. The number of anilines is 1. The number of ether oxygens (including phenoxy) is 1. The summed E-state index contributed by atoms with van der Waals surface area (Å²) in [5.41, 5.74) is 6.55. The van der Waals surface area contributed by atoms with Crippen LogP contribution in [0.15, 0.2) is 17.0 Å². The van der Waals surface area contributed by atoms with Crippen LogP contribution in [0.1, 0.15) is 32.8 Å². The van der Waals surface area contributed by atoms with E-state index in [0.717, 1.165) is 18.4 Å². The molecule has 1 heterocycles. The minimum atomic E-state index is -3.64. The zero-order chi connectivity index (χ0) is 14.3. The summed E-state index contributed by atoms with van der Waals surface area (Å²) in [6.45, 7) is 5.92. The van der Waals surface area contributed by atoms with E-state index in [1.807, 2.05) is 0 Å². The van der Waals surface area contributed by atoms with Crippen LogP contribution in [-0.2, 0) is 16.4 Å². The predicted molar refractivity (Wildman–Crippen MR) is 74.7 cm³/mol. The topological polar surface area (TPSA) is 81.4 Å². The third-order valence-electron chi connectivity index (χ3n) is 2.72. The lowest BCUT2D eigenvalue weighted by Gasteiger charge is -2.24. The fourth-order valence-corrected chi connectivity index (χ4v) is 3.77. The van der Waals surface area contributed by atoms with Gasteiger partial charge in [0, 0.05) is 11.2 Å². The summed E-state index contributed by atoms with van der Waals surface area (Å²) in [7, 11) is -3.64. The second kappa shape index (κ2) is 4.68. The van der Waals surface area contributed by atoms with Crippen LogP contribution in [0.2, 0.25) is 0 Å². The van der Waals surface area contributed by atoms with Crippen molar-refractivity contribution in [2.75, 3.05) is 12.3 Å². The molecule has 0 radical (unpaired) electrons. The van der Waals surface area contributed by atoms with Gasteiger partial charge in [0.05, 0.1) is 6.61 Å². The van der Waals surface area contributed by atoms with Crippen LogP contribution >= 0.6 is 0 Å². The first-order chi connectivity index (χ1) is 8.69. The van der Waals surface area contributed by atoms with Gasteiger partial charge in [0.25, 0.3) is 0 Å². The average molecular weight is 284 g/mol. The summed E-state index contributed by atoms with van der Waals surface area (Å²) >= 11 is 0. The first-order valence-electron chi connectivity index (χ1n) is 6.28. The van der Waals surface area contributed by atoms with Gasteiger partial charge in [0.2, 0.25) is 10.0 Å². The number of hydrogen-bond acceptors (Lipinski definition) is 4. The van der Waals surface area contributed by atoms with E-state index in [4.69, 9.17) is 10.5 Å². The maximum Gasteiger partial charge on any atom is 0.244 e. The van der Waals surface area contributed by atoms with Crippen LogP contribution in [0.3, 0.4) is 0 Å². The fraction of sp³-hybridized carbons (Fsp3) is 0.538. The molecule has 0 saturated heterocycles. The van der Waals surface area contributed by atoms with Gasteiger partial charge in [-0.05, 0) is 51.3 Å². The number of benzene rings is 1. The summed E-state index contributed by atoms with van der Waals surface area (Å²) in [5.74, 6) is 0.442. The molecule has 0 aliphatic carbocycles.